The van der Waals surface area contributed by atoms with Crippen molar-refractivity contribution >= 4 is 34.7 Å². The van der Waals surface area contributed by atoms with Gasteiger partial charge in [0.1, 0.15) is 18.0 Å². The first-order chi connectivity index (χ1) is 17.0. The van der Waals surface area contributed by atoms with E-state index in [1.54, 1.807) is 18.3 Å². The Morgan fingerprint density at radius 2 is 1.89 bits per heavy atom. The number of amides is 1. The van der Waals surface area contributed by atoms with Gasteiger partial charge < -0.3 is 19.6 Å². The van der Waals surface area contributed by atoms with Crippen molar-refractivity contribution in [3.05, 3.63) is 89.2 Å². The van der Waals surface area contributed by atoms with E-state index in [1.807, 2.05) is 53.5 Å². The van der Waals surface area contributed by atoms with Crippen LogP contribution in [0.15, 0.2) is 72.0 Å². The van der Waals surface area contributed by atoms with Gasteiger partial charge in [0.2, 0.25) is 0 Å². The summed E-state index contributed by atoms with van der Waals surface area (Å²) in [7, 11) is 0. The van der Waals surface area contributed by atoms with Gasteiger partial charge in [0.05, 0.1) is 18.0 Å². The highest BCUT2D eigenvalue weighted by Gasteiger charge is 2.30. The second-order valence-electron chi connectivity index (χ2n) is 8.52. The minimum atomic E-state index is -1.89. The summed E-state index contributed by atoms with van der Waals surface area (Å²) in [6.45, 7) is 2.54. The molecule has 9 heteroatoms. The number of aromatic nitrogens is 1. The summed E-state index contributed by atoms with van der Waals surface area (Å²) in [6, 6.07) is 18.2. The number of aromatic amines is 1. The smallest absolute Gasteiger partial charge is 0.272 e. The maximum atomic E-state index is 12.2. The molecule has 1 amide bonds. The third-order valence-electron chi connectivity index (χ3n) is 6.12. The quantitative estimate of drug-likeness (QED) is 0.306. The van der Waals surface area contributed by atoms with Gasteiger partial charge in [-0.3, -0.25) is 9.80 Å². The van der Waals surface area contributed by atoms with Crippen LogP contribution in [0.1, 0.15) is 46.9 Å². The zero-order valence-electron chi connectivity index (χ0n) is 19.4. The molecule has 4 rings (SSSR count). The van der Waals surface area contributed by atoms with Gasteiger partial charge in [-0.1, -0.05) is 43.3 Å². The number of carbonyl (C=O) groups is 2. The van der Waals surface area contributed by atoms with E-state index >= 15 is 0 Å². The first-order valence-corrected chi connectivity index (χ1v) is 12.7. The largest absolute Gasteiger partial charge is 0.357 e. The summed E-state index contributed by atoms with van der Waals surface area (Å²) in [5, 5.41) is 9.55. The van der Waals surface area contributed by atoms with Gasteiger partial charge in [0.15, 0.2) is 11.1 Å². The van der Waals surface area contributed by atoms with Crippen molar-refractivity contribution in [2.45, 2.75) is 38.1 Å². The number of anilines is 1. The van der Waals surface area contributed by atoms with Crippen molar-refractivity contribution in [1.29, 1.82) is 0 Å². The lowest BCUT2D eigenvalue weighted by Gasteiger charge is -2.35. The van der Waals surface area contributed by atoms with Crippen molar-refractivity contribution in [2.75, 3.05) is 5.32 Å². The molecule has 35 heavy (non-hydrogen) atoms. The molecule has 1 aromatic heterocycles. The Bertz CT molecular complexity index is 1210. The number of hydrazone groups is 1. The minimum Gasteiger partial charge on any atom is -0.357 e. The Balaban J connectivity index is 1.51. The fourth-order valence-corrected chi connectivity index (χ4v) is 4.69. The van der Waals surface area contributed by atoms with Crippen LogP contribution >= 0.6 is 0 Å². The zero-order valence-corrected chi connectivity index (χ0v) is 20.2. The Morgan fingerprint density at radius 1 is 1.17 bits per heavy atom. The zero-order chi connectivity index (χ0) is 24.8. The molecule has 3 N–H and O–H groups in total. The van der Waals surface area contributed by atoms with E-state index in [4.69, 9.17) is 9.65 Å². The molecule has 2 heterocycles. The van der Waals surface area contributed by atoms with E-state index in [9.17, 15) is 13.8 Å². The number of nitrogens with zero attached hydrogens (tertiary/aromatic N) is 2. The Morgan fingerprint density at radius 3 is 2.49 bits per heavy atom. The number of rotatable bonds is 9. The van der Waals surface area contributed by atoms with Crippen molar-refractivity contribution in [3.63, 3.8) is 0 Å². The van der Waals surface area contributed by atoms with Crippen LogP contribution < -0.4 is 5.32 Å². The molecular formula is C26H28N4O4S. The van der Waals surface area contributed by atoms with Gasteiger partial charge in [-0.25, -0.2) is 4.21 Å². The van der Waals surface area contributed by atoms with E-state index in [0.29, 0.717) is 24.3 Å². The summed E-state index contributed by atoms with van der Waals surface area (Å²) < 4.78 is 20.2. The van der Waals surface area contributed by atoms with Gasteiger partial charge in [-0.2, -0.15) is 5.10 Å². The molecule has 1 aliphatic rings. The normalized spacial score (nSPS) is 18.6. The average molecular weight is 493 g/mol. The maximum Gasteiger partial charge on any atom is 0.272 e. The van der Waals surface area contributed by atoms with Crippen LogP contribution in [0.2, 0.25) is 0 Å². The lowest BCUT2D eigenvalue weighted by atomic mass is 9.87. The van der Waals surface area contributed by atoms with Crippen LogP contribution in [0, 0.1) is 5.92 Å². The number of H-pyrrole nitrogens is 1. The predicted octanol–water partition coefficient (Wildman–Crippen LogP) is 4.19. The second-order valence-corrected chi connectivity index (χ2v) is 9.46. The lowest BCUT2D eigenvalue weighted by molar-refractivity contribution is -0.113. The van der Waals surface area contributed by atoms with Gasteiger partial charge >= 0.3 is 0 Å². The van der Waals surface area contributed by atoms with E-state index < -0.39 is 11.1 Å². The molecular weight excluding hydrogens is 464 g/mol. The number of hydrogen-bond donors (Lipinski definition) is 3. The van der Waals surface area contributed by atoms with E-state index in [1.165, 1.54) is 0 Å². The predicted molar refractivity (Wildman–Crippen MR) is 136 cm³/mol. The number of nitrogens with one attached hydrogen (secondary N) is 2. The van der Waals surface area contributed by atoms with E-state index in [0.717, 1.165) is 35.1 Å². The van der Waals surface area contributed by atoms with Crippen LogP contribution in [0.25, 0.3) is 0 Å². The highest BCUT2D eigenvalue weighted by atomic mass is 32.2. The third-order valence-corrected chi connectivity index (χ3v) is 6.70. The topological polar surface area (TPSA) is 115 Å². The van der Waals surface area contributed by atoms with Crippen LogP contribution in [-0.2, 0) is 28.2 Å². The van der Waals surface area contributed by atoms with Gasteiger partial charge in [0.25, 0.3) is 5.91 Å². The third kappa shape index (κ3) is 6.12. The summed E-state index contributed by atoms with van der Waals surface area (Å²) >= 11 is -1.89. The standard InChI is InChI=1S/C26H28N4O4S/c1-2-20-14-23(16-31)30(29-25(20)21-9-5-19(6-10-21)17-35(33)34)15-18-7-11-22(12-8-18)28-26(32)24-4-3-13-27-24/h3-13,16,20,23,27H,2,14-15,17H2,1H3,(H,28,32)(H,33,34). The first kappa shape index (κ1) is 24.6. The highest BCUT2D eigenvalue weighted by Crippen LogP contribution is 2.28. The molecule has 0 fully saturated rings. The van der Waals surface area contributed by atoms with Gasteiger partial charge in [0, 0.05) is 17.8 Å². The average Bonchev–Trinajstić information content (AvgIpc) is 3.40. The van der Waals surface area contributed by atoms with Gasteiger partial charge in [-0.05, 0) is 53.8 Å². The number of hydrogen-bond acceptors (Lipinski definition) is 5. The van der Waals surface area contributed by atoms with Crippen molar-refractivity contribution < 1.29 is 18.4 Å². The molecule has 3 atom stereocenters. The number of benzene rings is 2. The van der Waals surface area contributed by atoms with Crippen LogP contribution in [0.5, 0.6) is 0 Å². The molecule has 0 spiro atoms. The van der Waals surface area contributed by atoms with Crippen molar-refractivity contribution in [3.8, 4) is 0 Å². The number of carbonyl (C=O) groups excluding carboxylic acids is 2. The maximum absolute atomic E-state index is 12.2. The second kappa shape index (κ2) is 11.2. The monoisotopic (exact) mass is 492 g/mol. The fourth-order valence-electron chi connectivity index (χ4n) is 4.22. The molecule has 3 unspecified atom stereocenters. The molecule has 3 aromatic rings. The molecule has 8 nitrogen and oxygen atoms in total. The van der Waals surface area contributed by atoms with Crippen LogP contribution in [-0.4, -0.2) is 42.7 Å². The van der Waals surface area contributed by atoms with Gasteiger partial charge in [-0.15, -0.1) is 0 Å². The molecule has 1 aliphatic heterocycles. The first-order valence-electron chi connectivity index (χ1n) is 11.5. The lowest BCUT2D eigenvalue weighted by Crippen LogP contribution is -2.41. The SMILES string of the molecule is CCC1CC(C=O)N(Cc2ccc(NC(=O)c3ccc[nH]3)cc2)N=C1c1ccc(CS(=O)O)cc1. The molecule has 182 valence electrons. The van der Waals surface area contributed by atoms with Crippen LogP contribution in [0.4, 0.5) is 5.69 Å². The fraction of sp³-hybridized carbons (Fsp3) is 0.269. The molecule has 0 radical (unpaired) electrons. The van der Waals surface area contributed by atoms with Crippen LogP contribution in [0.3, 0.4) is 0 Å². The van der Waals surface area contributed by atoms with Crippen molar-refractivity contribution in [2.24, 2.45) is 11.0 Å². The Hall–Kier alpha value is -3.56. The Kier molecular flexibility index (Phi) is 7.89. The minimum absolute atomic E-state index is 0.0880. The summed E-state index contributed by atoms with van der Waals surface area (Å²) in [6.07, 6.45) is 4.18. The van der Waals surface area contributed by atoms with E-state index in [-0.39, 0.29) is 23.6 Å². The summed E-state index contributed by atoms with van der Waals surface area (Å²) in [5.41, 5.74) is 4.77. The Labute approximate surface area is 206 Å². The number of aldehydes is 1. The molecule has 0 bridgehead atoms. The summed E-state index contributed by atoms with van der Waals surface area (Å²) in [5.74, 6) is 0.0193. The highest BCUT2D eigenvalue weighted by molar-refractivity contribution is 7.78. The van der Waals surface area contributed by atoms with Crippen molar-refractivity contribution in [1.82, 2.24) is 9.99 Å². The summed E-state index contributed by atoms with van der Waals surface area (Å²) in [4.78, 5) is 27.0. The van der Waals surface area contributed by atoms with E-state index in [2.05, 4.69) is 17.2 Å². The molecule has 2 aromatic carbocycles. The molecule has 0 aliphatic carbocycles. The molecule has 0 saturated heterocycles. The molecule has 0 saturated carbocycles.